The molecule has 3 N–H and O–H groups in total. The van der Waals surface area contributed by atoms with E-state index in [1.165, 1.54) is 50.3 Å². The fourth-order valence-electron chi connectivity index (χ4n) is 3.86. The number of nitrogens with zero attached hydrogens (tertiary/aromatic N) is 3. The number of rotatable bonds is 9. The fourth-order valence-corrected chi connectivity index (χ4v) is 4.41. The van der Waals surface area contributed by atoms with Gasteiger partial charge in [-0.25, -0.2) is 18.7 Å². The first-order valence-corrected chi connectivity index (χ1v) is 13.1. The van der Waals surface area contributed by atoms with Gasteiger partial charge in [0.1, 0.15) is 17.2 Å². The Kier molecular flexibility index (Phi) is 7.88. The van der Waals surface area contributed by atoms with Gasteiger partial charge in [0.05, 0.1) is 11.9 Å². The van der Waals surface area contributed by atoms with E-state index >= 15 is 4.39 Å². The Labute approximate surface area is 223 Å². The summed E-state index contributed by atoms with van der Waals surface area (Å²) in [6.07, 6.45) is 0.808. The molecular weight excluding hydrogens is 531 g/mol. The molecule has 14 heteroatoms. The first-order chi connectivity index (χ1) is 18.5. The molecule has 0 aliphatic carbocycles. The lowest BCUT2D eigenvalue weighted by molar-refractivity contribution is 0.172. The summed E-state index contributed by atoms with van der Waals surface area (Å²) in [7, 11) is 2.10. The van der Waals surface area contributed by atoms with Crippen LogP contribution < -0.4 is 24.7 Å². The second-order valence-corrected chi connectivity index (χ2v) is 10.4. The molecule has 12 nitrogen and oxygen atoms in total. The number of carbonyl (C=O) groups is 1. The van der Waals surface area contributed by atoms with E-state index in [1.54, 1.807) is 31.4 Å². The maximum Gasteiger partial charge on any atom is 0.414 e. The standard InChI is InChI=1S/C25H27FN6O6S/c1-27-39(35,36)30-20-7-5-6-15(23(20)26)12-18-19(14-32(4)22-10-11-28-29-22)17-9-8-16(37-25(34)31(2)3)13-21(17)38-24(18)33/h5-11,13,27,30H,12,14H2,1-4H3,(H,28,29). The van der Waals surface area contributed by atoms with E-state index < -0.39 is 27.7 Å². The van der Waals surface area contributed by atoms with Crippen molar-refractivity contribution in [2.75, 3.05) is 37.8 Å². The molecule has 0 saturated heterocycles. The SMILES string of the molecule is CNS(=O)(=O)Nc1cccc(Cc2c(CN(C)c3ccn[nH]3)c3ccc(OC(=O)N(C)C)cc3oc2=O)c1F. The third-order valence-corrected chi connectivity index (χ3v) is 6.94. The van der Waals surface area contributed by atoms with Crippen molar-refractivity contribution in [2.24, 2.45) is 0 Å². The molecule has 2 heterocycles. The lowest BCUT2D eigenvalue weighted by Gasteiger charge is -2.20. The van der Waals surface area contributed by atoms with Crippen molar-refractivity contribution in [3.8, 4) is 5.75 Å². The number of halogens is 1. The molecule has 2 aromatic carbocycles. The summed E-state index contributed by atoms with van der Waals surface area (Å²) >= 11 is 0. The molecule has 0 bridgehead atoms. The minimum Gasteiger partial charge on any atom is -0.422 e. The highest BCUT2D eigenvalue weighted by molar-refractivity contribution is 7.90. The number of fused-ring (bicyclic) bond motifs is 1. The van der Waals surface area contributed by atoms with Crippen LogP contribution in [0.4, 0.5) is 20.7 Å². The number of carbonyl (C=O) groups excluding carboxylic acids is 1. The smallest absolute Gasteiger partial charge is 0.414 e. The predicted octanol–water partition coefficient (Wildman–Crippen LogP) is 2.82. The number of anilines is 2. The fraction of sp³-hybridized carbons (Fsp3) is 0.240. The van der Waals surface area contributed by atoms with Crippen molar-refractivity contribution in [1.29, 1.82) is 0 Å². The van der Waals surface area contributed by atoms with Gasteiger partial charge in [0, 0.05) is 64.2 Å². The van der Waals surface area contributed by atoms with E-state index in [0.29, 0.717) is 16.8 Å². The van der Waals surface area contributed by atoms with E-state index in [4.69, 9.17) is 9.15 Å². The van der Waals surface area contributed by atoms with Gasteiger partial charge >= 0.3 is 11.7 Å². The summed E-state index contributed by atoms with van der Waals surface area (Å²) in [5, 5.41) is 7.36. The lowest BCUT2D eigenvalue weighted by atomic mass is 9.97. The lowest BCUT2D eigenvalue weighted by Crippen LogP contribution is -2.27. The predicted molar refractivity (Wildman–Crippen MR) is 144 cm³/mol. The van der Waals surface area contributed by atoms with Crippen LogP contribution in [-0.4, -0.2) is 57.8 Å². The Balaban J connectivity index is 1.81. The minimum absolute atomic E-state index is 0.0833. The normalized spacial score (nSPS) is 11.4. The van der Waals surface area contributed by atoms with Crippen LogP contribution in [-0.2, 0) is 23.2 Å². The van der Waals surface area contributed by atoms with E-state index in [9.17, 15) is 18.0 Å². The van der Waals surface area contributed by atoms with Crippen LogP contribution in [0.15, 0.2) is 57.9 Å². The van der Waals surface area contributed by atoms with Gasteiger partial charge in [-0.3, -0.25) is 9.82 Å². The average Bonchev–Trinajstić information content (AvgIpc) is 3.43. The zero-order chi connectivity index (χ0) is 28.3. The van der Waals surface area contributed by atoms with Gasteiger partial charge in [0.25, 0.3) is 10.2 Å². The number of amides is 1. The highest BCUT2D eigenvalue weighted by Crippen LogP contribution is 2.29. The Morgan fingerprint density at radius 2 is 1.92 bits per heavy atom. The van der Waals surface area contributed by atoms with Crippen molar-refractivity contribution in [3.63, 3.8) is 0 Å². The molecule has 0 aliphatic rings. The second kappa shape index (κ2) is 11.1. The summed E-state index contributed by atoms with van der Waals surface area (Å²) in [6, 6.07) is 10.6. The van der Waals surface area contributed by atoms with Crippen LogP contribution in [0.1, 0.15) is 16.7 Å². The topological polar surface area (TPSA) is 150 Å². The molecule has 0 unspecified atom stereocenters. The molecule has 39 heavy (non-hydrogen) atoms. The van der Waals surface area contributed by atoms with Gasteiger partial charge in [0.15, 0.2) is 5.82 Å². The van der Waals surface area contributed by atoms with E-state index in [2.05, 4.69) is 19.6 Å². The van der Waals surface area contributed by atoms with Gasteiger partial charge < -0.3 is 19.0 Å². The summed E-state index contributed by atoms with van der Waals surface area (Å²) in [5.74, 6) is 0.0312. The van der Waals surface area contributed by atoms with Gasteiger partial charge in [-0.2, -0.15) is 13.5 Å². The number of nitrogens with one attached hydrogen (secondary N) is 3. The summed E-state index contributed by atoms with van der Waals surface area (Å²) in [4.78, 5) is 28.3. The molecule has 1 amide bonds. The number of H-pyrrole nitrogens is 1. The molecule has 0 saturated carbocycles. The first kappa shape index (κ1) is 27.6. The molecule has 2 aromatic heterocycles. The second-order valence-electron chi connectivity index (χ2n) is 8.83. The van der Waals surface area contributed by atoms with Gasteiger partial charge in [-0.05, 0) is 29.3 Å². The Morgan fingerprint density at radius 1 is 1.15 bits per heavy atom. The number of ether oxygens (including phenoxy) is 1. The number of aromatic nitrogens is 2. The third kappa shape index (κ3) is 6.18. The summed E-state index contributed by atoms with van der Waals surface area (Å²) in [5.41, 5.74) is 0.00308. The number of benzene rings is 2. The van der Waals surface area contributed by atoms with Crippen LogP contribution in [0.25, 0.3) is 11.0 Å². The molecule has 0 spiro atoms. The average molecular weight is 559 g/mol. The highest BCUT2D eigenvalue weighted by Gasteiger charge is 2.21. The molecule has 206 valence electrons. The molecule has 0 radical (unpaired) electrons. The molecule has 0 atom stereocenters. The van der Waals surface area contributed by atoms with Crippen molar-refractivity contribution in [3.05, 3.63) is 81.6 Å². The first-order valence-electron chi connectivity index (χ1n) is 11.7. The Hall–Kier alpha value is -4.43. The van der Waals surface area contributed by atoms with Crippen LogP contribution in [0, 0.1) is 5.82 Å². The monoisotopic (exact) mass is 558 g/mol. The number of hydrogen-bond acceptors (Lipinski definition) is 8. The zero-order valence-electron chi connectivity index (χ0n) is 21.6. The summed E-state index contributed by atoms with van der Waals surface area (Å²) < 4.78 is 54.3. The largest absolute Gasteiger partial charge is 0.422 e. The molecular formula is C25H27FN6O6S. The quantitative estimate of drug-likeness (QED) is 0.266. The van der Waals surface area contributed by atoms with Crippen molar-refractivity contribution < 1.29 is 26.8 Å². The zero-order valence-corrected chi connectivity index (χ0v) is 22.4. The highest BCUT2D eigenvalue weighted by atomic mass is 32.2. The van der Waals surface area contributed by atoms with E-state index in [1.807, 2.05) is 4.90 Å². The minimum atomic E-state index is -3.96. The van der Waals surface area contributed by atoms with Crippen LogP contribution >= 0.6 is 0 Å². The third-order valence-electron chi connectivity index (χ3n) is 5.91. The van der Waals surface area contributed by atoms with Crippen LogP contribution in [0.2, 0.25) is 0 Å². The van der Waals surface area contributed by atoms with Crippen molar-refractivity contribution in [1.82, 2.24) is 19.8 Å². The molecule has 4 aromatic rings. The number of hydrogen-bond donors (Lipinski definition) is 3. The Morgan fingerprint density at radius 3 is 2.59 bits per heavy atom. The molecule has 4 rings (SSSR count). The summed E-state index contributed by atoms with van der Waals surface area (Å²) in [6.45, 7) is 0.212. The maximum absolute atomic E-state index is 15.4. The van der Waals surface area contributed by atoms with E-state index in [-0.39, 0.29) is 41.1 Å². The van der Waals surface area contributed by atoms with Crippen LogP contribution in [0.5, 0.6) is 5.75 Å². The van der Waals surface area contributed by atoms with Crippen molar-refractivity contribution >= 4 is 38.8 Å². The number of aromatic amines is 1. The van der Waals surface area contributed by atoms with E-state index in [0.717, 1.165) is 0 Å². The van der Waals surface area contributed by atoms with Crippen molar-refractivity contribution in [2.45, 2.75) is 13.0 Å². The Bertz CT molecular complexity index is 1670. The van der Waals surface area contributed by atoms with Gasteiger partial charge in [-0.1, -0.05) is 12.1 Å². The van der Waals surface area contributed by atoms with Gasteiger partial charge in [-0.15, -0.1) is 0 Å². The van der Waals surface area contributed by atoms with Crippen LogP contribution in [0.3, 0.4) is 0 Å². The molecule has 0 fully saturated rings. The maximum atomic E-state index is 15.4. The molecule has 0 aliphatic heterocycles. The van der Waals surface area contributed by atoms with Gasteiger partial charge in [0.2, 0.25) is 0 Å².